The number of nitrogens with zero attached hydrogens (tertiary/aromatic N) is 1. The number of H-pyrrole nitrogens is 1. The molecule has 0 radical (unpaired) electrons. The van der Waals surface area contributed by atoms with Gasteiger partial charge < -0.3 is 4.98 Å². The van der Waals surface area contributed by atoms with Gasteiger partial charge in [0, 0.05) is 5.69 Å². The summed E-state index contributed by atoms with van der Waals surface area (Å²) >= 11 is 0. The van der Waals surface area contributed by atoms with Gasteiger partial charge in [-0.1, -0.05) is 24.3 Å². The third kappa shape index (κ3) is 2.06. The lowest BCUT2D eigenvalue weighted by Gasteiger charge is -2.03. The van der Waals surface area contributed by atoms with Gasteiger partial charge in [0.1, 0.15) is 0 Å². The highest BCUT2D eigenvalue weighted by molar-refractivity contribution is 5.72. The van der Waals surface area contributed by atoms with Crippen LogP contribution in [-0.2, 0) is 0 Å². The summed E-state index contributed by atoms with van der Waals surface area (Å²) < 4.78 is 0. The lowest BCUT2D eigenvalue weighted by molar-refractivity contribution is 1.25. The second-order valence-corrected chi connectivity index (χ2v) is 4.05. The molecule has 0 aliphatic heterocycles. The van der Waals surface area contributed by atoms with Crippen molar-refractivity contribution in [1.29, 1.82) is 0 Å². The first kappa shape index (κ1) is 10.7. The van der Waals surface area contributed by atoms with Crippen molar-refractivity contribution < 1.29 is 0 Å². The highest BCUT2D eigenvalue weighted by Gasteiger charge is 1.99. The first-order chi connectivity index (χ1) is 7.68. The molecule has 1 heterocycles. The zero-order chi connectivity index (χ0) is 11.5. The van der Waals surface area contributed by atoms with E-state index in [-0.39, 0.29) is 0 Å². The Hall–Kier alpha value is -1.83. The molecule has 0 aliphatic rings. The zero-order valence-corrected chi connectivity index (χ0v) is 9.91. The van der Waals surface area contributed by atoms with Gasteiger partial charge in [0.2, 0.25) is 0 Å². The minimum Gasteiger partial charge on any atom is -0.348 e. The van der Waals surface area contributed by atoms with Crippen LogP contribution >= 0.6 is 0 Å². The van der Waals surface area contributed by atoms with Gasteiger partial charge in [0.25, 0.3) is 0 Å². The Morgan fingerprint density at radius 2 is 1.75 bits per heavy atom. The van der Waals surface area contributed by atoms with Crippen molar-refractivity contribution in [2.75, 3.05) is 0 Å². The molecule has 0 saturated carbocycles. The molecule has 16 heavy (non-hydrogen) atoms. The fourth-order valence-corrected chi connectivity index (χ4v) is 1.79. The topological polar surface area (TPSA) is 28.7 Å². The third-order valence-corrected chi connectivity index (χ3v) is 2.82. The first-order valence-electron chi connectivity index (χ1n) is 5.43. The molecule has 0 amide bonds. The summed E-state index contributed by atoms with van der Waals surface area (Å²) in [5.41, 5.74) is 5.98. The molecule has 1 N–H and O–H groups in total. The number of hydrogen-bond donors (Lipinski definition) is 1. The largest absolute Gasteiger partial charge is 0.348 e. The Morgan fingerprint density at radius 3 is 2.31 bits per heavy atom. The molecule has 0 saturated heterocycles. The molecule has 82 valence electrons. The maximum Gasteiger partial charge on any atom is 0.0929 e. The van der Waals surface area contributed by atoms with E-state index in [1.807, 2.05) is 6.92 Å². The minimum atomic E-state index is 1.00. The Bertz CT molecular complexity index is 501. The summed E-state index contributed by atoms with van der Waals surface area (Å²) in [4.78, 5) is 7.32. The quantitative estimate of drug-likeness (QED) is 0.810. The van der Waals surface area contributed by atoms with Crippen molar-refractivity contribution >= 4 is 12.2 Å². The molecule has 2 heteroatoms. The van der Waals surface area contributed by atoms with Crippen molar-refractivity contribution in [3.8, 4) is 0 Å². The van der Waals surface area contributed by atoms with E-state index >= 15 is 0 Å². The fourth-order valence-electron chi connectivity index (χ4n) is 1.79. The van der Waals surface area contributed by atoms with Crippen molar-refractivity contribution in [3.05, 3.63) is 52.6 Å². The lowest BCUT2D eigenvalue weighted by Crippen LogP contribution is -1.85. The predicted octanol–water partition coefficient (Wildman–Crippen LogP) is 3.51. The number of nitrogens with one attached hydrogen (secondary N) is 1. The maximum absolute atomic E-state index is 4.25. The average molecular weight is 212 g/mol. The Morgan fingerprint density at radius 1 is 1.06 bits per heavy atom. The highest BCUT2D eigenvalue weighted by atomic mass is 14.9. The number of aromatic nitrogens is 2. The molecule has 1 aromatic heterocycles. The van der Waals surface area contributed by atoms with E-state index in [2.05, 4.69) is 54.2 Å². The van der Waals surface area contributed by atoms with Crippen molar-refractivity contribution in [3.63, 3.8) is 0 Å². The number of benzene rings is 1. The lowest BCUT2D eigenvalue weighted by atomic mass is 10.0. The number of hydrogen-bond acceptors (Lipinski definition) is 1. The van der Waals surface area contributed by atoms with Gasteiger partial charge in [-0.25, -0.2) is 4.98 Å². The van der Waals surface area contributed by atoms with Crippen LogP contribution in [0.3, 0.4) is 0 Å². The van der Waals surface area contributed by atoms with Gasteiger partial charge in [0.15, 0.2) is 0 Å². The maximum atomic E-state index is 4.25. The summed E-state index contributed by atoms with van der Waals surface area (Å²) in [5.74, 6) is 0. The van der Waals surface area contributed by atoms with E-state index in [0.717, 1.165) is 11.4 Å². The van der Waals surface area contributed by atoms with E-state index < -0.39 is 0 Å². The smallest absolute Gasteiger partial charge is 0.0929 e. The van der Waals surface area contributed by atoms with Crippen LogP contribution in [0.25, 0.3) is 12.2 Å². The molecule has 2 nitrogen and oxygen atoms in total. The predicted molar refractivity (Wildman–Crippen MR) is 68.2 cm³/mol. The standard InChI is InChI=1S/C14H16N2/c1-10-5-4-6-11(2)13(10)7-8-14-12(3)15-9-16-14/h4-9H,1-3H3,(H,15,16). The van der Waals surface area contributed by atoms with Crippen LogP contribution in [0.2, 0.25) is 0 Å². The normalized spacial score (nSPS) is 11.2. The van der Waals surface area contributed by atoms with Gasteiger partial charge >= 0.3 is 0 Å². The first-order valence-corrected chi connectivity index (χ1v) is 5.43. The average Bonchev–Trinajstić information content (AvgIpc) is 2.64. The molecule has 1 aromatic carbocycles. The zero-order valence-electron chi connectivity index (χ0n) is 9.91. The second kappa shape index (κ2) is 4.35. The fraction of sp³-hybridized carbons (Fsp3) is 0.214. The molecule has 2 aromatic rings. The second-order valence-electron chi connectivity index (χ2n) is 4.05. The van der Waals surface area contributed by atoms with Crippen LogP contribution in [0.1, 0.15) is 28.1 Å². The summed E-state index contributed by atoms with van der Waals surface area (Å²) in [5, 5.41) is 0. The monoisotopic (exact) mass is 212 g/mol. The van der Waals surface area contributed by atoms with E-state index in [9.17, 15) is 0 Å². The van der Waals surface area contributed by atoms with Gasteiger partial charge in [-0.15, -0.1) is 0 Å². The van der Waals surface area contributed by atoms with Crippen LogP contribution in [-0.4, -0.2) is 9.97 Å². The van der Waals surface area contributed by atoms with Crippen LogP contribution in [0.15, 0.2) is 24.5 Å². The number of imidazole rings is 1. The van der Waals surface area contributed by atoms with Crippen LogP contribution in [0, 0.1) is 20.8 Å². The molecule has 0 atom stereocenters. The summed E-state index contributed by atoms with van der Waals surface area (Å²) in [7, 11) is 0. The van der Waals surface area contributed by atoms with Crippen LogP contribution in [0.5, 0.6) is 0 Å². The van der Waals surface area contributed by atoms with Crippen LogP contribution < -0.4 is 0 Å². The molecular formula is C14H16N2. The van der Waals surface area contributed by atoms with Crippen LogP contribution in [0.4, 0.5) is 0 Å². The SMILES string of the molecule is Cc1cccc(C)c1C=Cc1nc[nH]c1C. The molecule has 0 aliphatic carbocycles. The van der Waals surface area contributed by atoms with Crippen molar-refractivity contribution in [1.82, 2.24) is 9.97 Å². The van der Waals surface area contributed by atoms with Crippen molar-refractivity contribution in [2.24, 2.45) is 0 Å². The Balaban J connectivity index is 2.34. The Labute approximate surface area is 96.1 Å². The molecule has 0 fully saturated rings. The van der Waals surface area contributed by atoms with E-state index in [4.69, 9.17) is 0 Å². The number of aryl methyl sites for hydroxylation is 3. The highest BCUT2D eigenvalue weighted by Crippen LogP contribution is 2.16. The van der Waals surface area contributed by atoms with E-state index in [1.54, 1.807) is 6.33 Å². The molecule has 0 bridgehead atoms. The van der Waals surface area contributed by atoms with E-state index in [1.165, 1.54) is 16.7 Å². The van der Waals surface area contributed by atoms with Gasteiger partial charge in [0.05, 0.1) is 12.0 Å². The summed E-state index contributed by atoms with van der Waals surface area (Å²) in [6, 6.07) is 6.34. The summed E-state index contributed by atoms with van der Waals surface area (Å²) in [6.45, 7) is 6.28. The van der Waals surface area contributed by atoms with E-state index in [0.29, 0.717) is 0 Å². The molecule has 0 unspecified atom stereocenters. The van der Waals surface area contributed by atoms with Gasteiger partial charge in [-0.05, 0) is 43.5 Å². The van der Waals surface area contributed by atoms with Gasteiger partial charge in [-0.2, -0.15) is 0 Å². The third-order valence-electron chi connectivity index (χ3n) is 2.82. The van der Waals surface area contributed by atoms with Crippen molar-refractivity contribution in [2.45, 2.75) is 20.8 Å². The number of rotatable bonds is 2. The molecule has 2 rings (SSSR count). The Kier molecular flexibility index (Phi) is 2.91. The minimum absolute atomic E-state index is 1.00. The van der Waals surface area contributed by atoms with Gasteiger partial charge in [-0.3, -0.25) is 0 Å². The summed E-state index contributed by atoms with van der Waals surface area (Å²) in [6.07, 6.45) is 5.91. The molecule has 0 spiro atoms. The number of aromatic amines is 1. The molecular weight excluding hydrogens is 196 g/mol.